The quantitative estimate of drug-likeness (QED) is 0.600. The molecule has 2 heterocycles. The molecule has 1 N–H and O–H groups in total. The lowest BCUT2D eigenvalue weighted by Gasteiger charge is -2.40. The van der Waals surface area contributed by atoms with Gasteiger partial charge in [0, 0.05) is 38.0 Å². The molecule has 38 heavy (non-hydrogen) atoms. The molecule has 0 amide bonds. The Bertz CT molecular complexity index is 1400. The maximum Gasteiger partial charge on any atom is 0.270 e. The number of aromatic nitrogens is 2. The van der Waals surface area contributed by atoms with Crippen LogP contribution >= 0.6 is 0 Å². The van der Waals surface area contributed by atoms with E-state index in [-0.39, 0.29) is 40.6 Å². The second-order valence-corrected chi connectivity index (χ2v) is 10.3. The highest BCUT2D eigenvalue weighted by molar-refractivity contribution is 5.92. The number of nitrogens with one attached hydrogen (secondary N) is 1. The van der Waals surface area contributed by atoms with Crippen LogP contribution in [0.3, 0.4) is 0 Å². The third-order valence-corrected chi connectivity index (χ3v) is 8.00. The van der Waals surface area contributed by atoms with E-state index in [2.05, 4.69) is 16.4 Å². The van der Waals surface area contributed by atoms with Gasteiger partial charge in [-0.3, -0.25) is 4.79 Å². The number of carbonyl (C=O) groups is 1. The Labute approximate surface area is 222 Å². The molecule has 5 rings (SSSR count). The predicted molar refractivity (Wildman–Crippen MR) is 144 cm³/mol. The van der Waals surface area contributed by atoms with Crippen LogP contribution in [0.2, 0.25) is 0 Å². The van der Waals surface area contributed by atoms with Gasteiger partial charge in [0.25, 0.3) is 5.56 Å². The minimum absolute atomic E-state index is 0.0369. The molecule has 0 aromatic carbocycles. The van der Waals surface area contributed by atoms with Gasteiger partial charge in [0.05, 0.1) is 11.2 Å². The van der Waals surface area contributed by atoms with Crippen LogP contribution in [0, 0.1) is 40.4 Å². The highest BCUT2D eigenvalue weighted by Crippen LogP contribution is 2.39. The van der Waals surface area contributed by atoms with E-state index in [1.165, 1.54) is 10.6 Å². The molecular formula is C29H33FN6O2. The van der Waals surface area contributed by atoms with E-state index >= 15 is 0 Å². The summed E-state index contributed by atoms with van der Waals surface area (Å²) in [5.41, 5.74) is 1.44. The monoisotopic (exact) mass is 516 g/mol. The number of aryl methyl sites for hydroxylation is 1. The van der Waals surface area contributed by atoms with Crippen molar-refractivity contribution in [3.8, 4) is 12.1 Å². The number of pyridine rings is 2. The Hall–Kier alpha value is -3.82. The van der Waals surface area contributed by atoms with E-state index < -0.39 is 0 Å². The van der Waals surface area contributed by atoms with Crippen molar-refractivity contribution < 1.29 is 9.18 Å². The lowest BCUT2D eigenvalue weighted by molar-refractivity contribution is -0.108. The summed E-state index contributed by atoms with van der Waals surface area (Å²) in [7, 11) is 5.39. The van der Waals surface area contributed by atoms with Gasteiger partial charge in [0.15, 0.2) is 0 Å². The number of carbonyl (C=O) groups excluding carboxylic acids is 1. The van der Waals surface area contributed by atoms with Gasteiger partial charge in [-0.1, -0.05) is 6.08 Å². The molecule has 2 atom stereocenters. The summed E-state index contributed by atoms with van der Waals surface area (Å²) >= 11 is 0. The molecule has 0 radical (unpaired) electrons. The van der Waals surface area contributed by atoms with Crippen molar-refractivity contribution in [3.05, 3.63) is 57.8 Å². The molecule has 2 fully saturated rings. The summed E-state index contributed by atoms with van der Waals surface area (Å²) in [6, 6.07) is 7.61. The second-order valence-electron chi connectivity index (χ2n) is 10.3. The Morgan fingerprint density at radius 3 is 2.42 bits per heavy atom. The van der Waals surface area contributed by atoms with Crippen molar-refractivity contribution in [1.29, 1.82) is 10.5 Å². The van der Waals surface area contributed by atoms with Crippen molar-refractivity contribution in [3.63, 3.8) is 0 Å². The highest BCUT2D eigenvalue weighted by Gasteiger charge is 2.34. The number of nitrogens with zero attached hydrogens (tertiary/aromatic N) is 5. The molecule has 0 aliphatic heterocycles. The summed E-state index contributed by atoms with van der Waals surface area (Å²) < 4.78 is 15.3. The summed E-state index contributed by atoms with van der Waals surface area (Å²) in [6.45, 7) is 0. The van der Waals surface area contributed by atoms with Crippen LogP contribution in [0.4, 0.5) is 10.1 Å². The molecule has 2 saturated carbocycles. The van der Waals surface area contributed by atoms with Crippen molar-refractivity contribution in [2.24, 2.45) is 24.8 Å². The molecule has 2 unspecified atom stereocenters. The largest absolute Gasteiger partial charge is 0.369 e. The maximum atomic E-state index is 13.9. The number of likely N-dealkylation sites (N-methyl/N-ethyl adjacent to an activating group) is 1. The molecule has 198 valence electrons. The normalized spacial score (nSPS) is 24.4. The molecule has 0 bridgehead atoms. The molecule has 0 saturated heterocycles. The number of hydrogen-bond donors (Lipinski definition) is 1. The first-order chi connectivity index (χ1) is 18.3. The van der Waals surface area contributed by atoms with Crippen molar-refractivity contribution in [1.82, 2.24) is 14.9 Å². The van der Waals surface area contributed by atoms with Crippen LogP contribution in [0.15, 0.2) is 41.0 Å². The van der Waals surface area contributed by atoms with Gasteiger partial charge in [0.1, 0.15) is 41.0 Å². The molecule has 2 aromatic rings. The van der Waals surface area contributed by atoms with Crippen LogP contribution in [0.5, 0.6) is 0 Å². The van der Waals surface area contributed by atoms with Crippen LogP contribution < -0.4 is 15.8 Å². The summed E-state index contributed by atoms with van der Waals surface area (Å²) in [4.78, 5) is 28.9. The standard InChI is InChI=1S/C25H27FN6O.C4H6O/c1-29-21-10-6-16(26)12-19(21)15-4-8-18(9-5-15)31(2)24-20(14-28)25(33)32(3)22-11-7-17(13-27)30-23(22)24;5-3-4-1-2-4/h6-7,10-12,15,18-19,21,29H,4-5,8-9H2,1-3H3;3-4H,1-2H2. The number of hydrogen-bond acceptors (Lipinski definition) is 7. The van der Waals surface area contributed by atoms with E-state index in [0.717, 1.165) is 44.8 Å². The van der Waals surface area contributed by atoms with Gasteiger partial charge >= 0.3 is 0 Å². The van der Waals surface area contributed by atoms with Crippen molar-refractivity contribution in [2.75, 3.05) is 19.0 Å². The van der Waals surface area contributed by atoms with Gasteiger partial charge in [-0.05, 0) is 75.8 Å². The molecule has 2 aromatic heterocycles. The van der Waals surface area contributed by atoms with Gasteiger partial charge < -0.3 is 19.6 Å². The number of nitriles is 2. The molecule has 3 aliphatic rings. The van der Waals surface area contributed by atoms with Gasteiger partial charge in [-0.15, -0.1) is 0 Å². The molecule has 9 heteroatoms. The number of allylic oxidation sites excluding steroid dienone is 2. The summed E-state index contributed by atoms with van der Waals surface area (Å²) in [6.07, 6.45) is 12.0. The first-order valence-electron chi connectivity index (χ1n) is 13.1. The highest BCUT2D eigenvalue weighted by atomic mass is 19.1. The third kappa shape index (κ3) is 5.54. The number of anilines is 1. The molecule has 3 aliphatic carbocycles. The minimum atomic E-state index is -0.376. The number of rotatable bonds is 5. The fraction of sp³-hybridized carbons (Fsp3) is 0.483. The van der Waals surface area contributed by atoms with Crippen molar-refractivity contribution >= 4 is 23.0 Å². The van der Waals surface area contributed by atoms with Crippen LogP contribution in [0.1, 0.15) is 49.8 Å². The maximum absolute atomic E-state index is 13.9. The summed E-state index contributed by atoms with van der Waals surface area (Å²) in [5, 5.41) is 22.4. The average Bonchev–Trinajstić information content (AvgIpc) is 3.79. The van der Waals surface area contributed by atoms with E-state index in [1.54, 1.807) is 25.3 Å². The van der Waals surface area contributed by atoms with E-state index in [0.29, 0.717) is 28.6 Å². The fourth-order valence-electron chi connectivity index (χ4n) is 5.57. The Morgan fingerprint density at radius 2 is 1.87 bits per heavy atom. The molecule has 8 nitrogen and oxygen atoms in total. The van der Waals surface area contributed by atoms with E-state index in [1.807, 2.05) is 31.1 Å². The zero-order valence-electron chi connectivity index (χ0n) is 22.0. The SMILES string of the molecule is CNC1C=CC(F)=CC1C1CCC(N(C)c2c(C#N)c(=O)n(C)c3ccc(C#N)nc23)CC1.O=CC1CC1. The van der Waals surface area contributed by atoms with E-state index in [9.17, 15) is 24.5 Å². The second kappa shape index (κ2) is 11.7. The van der Waals surface area contributed by atoms with Gasteiger partial charge in [0.2, 0.25) is 0 Å². The Balaban J connectivity index is 0.000000603. The zero-order valence-corrected chi connectivity index (χ0v) is 22.0. The lowest BCUT2D eigenvalue weighted by atomic mass is 9.73. The molecular weight excluding hydrogens is 483 g/mol. The first-order valence-corrected chi connectivity index (χ1v) is 13.1. The fourth-order valence-corrected chi connectivity index (χ4v) is 5.57. The summed E-state index contributed by atoms with van der Waals surface area (Å²) in [5.74, 6) is 0.720. The molecule has 0 spiro atoms. The predicted octanol–water partition coefficient (Wildman–Crippen LogP) is 3.89. The lowest BCUT2D eigenvalue weighted by Crippen LogP contribution is -2.42. The van der Waals surface area contributed by atoms with Gasteiger partial charge in [-0.25, -0.2) is 9.37 Å². The van der Waals surface area contributed by atoms with Gasteiger partial charge in [-0.2, -0.15) is 10.5 Å². The third-order valence-electron chi connectivity index (χ3n) is 8.00. The minimum Gasteiger partial charge on any atom is -0.369 e. The Morgan fingerprint density at radius 1 is 1.16 bits per heavy atom. The average molecular weight is 517 g/mol. The van der Waals surface area contributed by atoms with Crippen molar-refractivity contribution in [2.45, 2.75) is 50.6 Å². The number of fused-ring (bicyclic) bond motifs is 1. The Kier molecular flexibility index (Phi) is 8.38. The smallest absolute Gasteiger partial charge is 0.270 e. The topological polar surface area (TPSA) is 115 Å². The van der Waals surface area contributed by atoms with Crippen LogP contribution in [-0.2, 0) is 11.8 Å². The van der Waals surface area contributed by atoms with Crippen LogP contribution in [0.25, 0.3) is 11.0 Å². The van der Waals surface area contributed by atoms with E-state index in [4.69, 9.17) is 0 Å². The number of halogens is 1. The zero-order chi connectivity index (χ0) is 27.4. The van der Waals surface area contributed by atoms with Crippen LogP contribution in [-0.4, -0.2) is 42.0 Å². The first kappa shape index (κ1) is 27.2. The number of aldehydes is 1.